The molecular weight excluding hydrogens is 191 g/mol. The molecule has 0 radical (unpaired) electrons. The lowest BCUT2D eigenvalue weighted by atomic mass is 9.97. The summed E-state index contributed by atoms with van der Waals surface area (Å²) in [6, 6.07) is 5.97. The molecule has 0 saturated heterocycles. The van der Waals surface area contributed by atoms with Gasteiger partial charge >= 0.3 is 0 Å². The van der Waals surface area contributed by atoms with Gasteiger partial charge in [0.1, 0.15) is 5.75 Å². The molecule has 1 unspecified atom stereocenters. The predicted octanol–water partition coefficient (Wildman–Crippen LogP) is 3.72. The molecule has 0 fully saturated rings. The molecule has 0 spiro atoms. The average Bonchev–Trinajstić information content (AvgIpc) is 2.28. The minimum Gasteiger partial charge on any atom is -0.493 e. The van der Waals surface area contributed by atoms with Crippen molar-refractivity contribution in [2.75, 3.05) is 13.3 Å². The lowest BCUT2D eigenvalue weighted by Crippen LogP contribution is -2.04. The van der Waals surface area contributed by atoms with E-state index in [1.165, 1.54) is 0 Å². The third-order valence-electron chi connectivity index (χ3n) is 2.56. The summed E-state index contributed by atoms with van der Waals surface area (Å²) in [7, 11) is 0. The van der Waals surface area contributed by atoms with Gasteiger partial charge in [-0.25, -0.2) is 0 Å². The average molecular weight is 210 g/mol. The van der Waals surface area contributed by atoms with E-state index in [4.69, 9.17) is 4.74 Å². The number of rotatable bonds is 5. The Kier molecular flexibility index (Phi) is 4.60. The van der Waals surface area contributed by atoms with Crippen LogP contribution < -0.4 is 4.74 Å². The quantitative estimate of drug-likeness (QED) is 0.719. The SMILES string of the molecule is CCOc1c(CC)cccc1C(C)CF. The zero-order chi connectivity index (χ0) is 11.3. The van der Waals surface area contributed by atoms with Crippen molar-refractivity contribution in [1.82, 2.24) is 0 Å². The molecular formula is C13H19FO. The summed E-state index contributed by atoms with van der Waals surface area (Å²) in [5.41, 5.74) is 2.15. The molecule has 1 nitrogen and oxygen atoms in total. The Morgan fingerprint density at radius 1 is 1.33 bits per heavy atom. The van der Waals surface area contributed by atoms with Crippen LogP contribution in [0.3, 0.4) is 0 Å². The first-order chi connectivity index (χ1) is 7.24. The maximum atomic E-state index is 12.7. The van der Waals surface area contributed by atoms with Crippen molar-refractivity contribution in [1.29, 1.82) is 0 Å². The van der Waals surface area contributed by atoms with Gasteiger partial charge in [-0.1, -0.05) is 32.0 Å². The molecule has 0 bridgehead atoms. The van der Waals surface area contributed by atoms with Crippen molar-refractivity contribution < 1.29 is 9.13 Å². The van der Waals surface area contributed by atoms with Gasteiger partial charge in [0.2, 0.25) is 0 Å². The number of alkyl halides is 1. The van der Waals surface area contributed by atoms with Gasteiger partial charge < -0.3 is 4.74 Å². The van der Waals surface area contributed by atoms with Crippen molar-refractivity contribution in [2.24, 2.45) is 0 Å². The van der Waals surface area contributed by atoms with Crippen LogP contribution in [0, 0.1) is 0 Å². The van der Waals surface area contributed by atoms with Crippen molar-refractivity contribution >= 4 is 0 Å². The van der Waals surface area contributed by atoms with Gasteiger partial charge in [-0.15, -0.1) is 0 Å². The van der Waals surface area contributed by atoms with Gasteiger partial charge in [-0.3, -0.25) is 4.39 Å². The molecule has 1 aromatic rings. The monoisotopic (exact) mass is 210 g/mol. The third kappa shape index (κ3) is 2.71. The van der Waals surface area contributed by atoms with Gasteiger partial charge in [0.05, 0.1) is 13.3 Å². The normalized spacial score (nSPS) is 12.5. The van der Waals surface area contributed by atoms with E-state index in [2.05, 4.69) is 6.92 Å². The van der Waals surface area contributed by atoms with Gasteiger partial charge in [0.15, 0.2) is 0 Å². The first-order valence-corrected chi connectivity index (χ1v) is 5.55. The van der Waals surface area contributed by atoms with Crippen molar-refractivity contribution in [2.45, 2.75) is 33.1 Å². The van der Waals surface area contributed by atoms with Crippen LogP contribution in [0.15, 0.2) is 18.2 Å². The Bertz CT molecular complexity index is 309. The minimum absolute atomic E-state index is 0.0851. The smallest absolute Gasteiger partial charge is 0.126 e. The van der Waals surface area contributed by atoms with E-state index in [1.54, 1.807) is 0 Å². The van der Waals surface area contributed by atoms with Crippen LogP contribution in [-0.4, -0.2) is 13.3 Å². The fraction of sp³-hybridized carbons (Fsp3) is 0.538. The molecule has 0 aliphatic carbocycles. The fourth-order valence-corrected chi connectivity index (χ4v) is 1.67. The lowest BCUT2D eigenvalue weighted by Gasteiger charge is -2.17. The maximum absolute atomic E-state index is 12.7. The van der Waals surface area contributed by atoms with Gasteiger partial charge in [0, 0.05) is 5.92 Å². The first-order valence-electron chi connectivity index (χ1n) is 5.55. The predicted molar refractivity (Wildman–Crippen MR) is 61.4 cm³/mol. The van der Waals surface area contributed by atoms with E-state index in [1.807, 2.05) is 32.0 Å². The second-order valence-electron chi connectivity index (χ2n) is 3.68. The molecule has 15 heavy (non-hydrogen) atoms. The van der Waals surface area contributed by atoms with Gasteiger partial charge in [-0.05, 0) is 24.5 Å². The first kappa shape index (κ1) is 12.0. The number of para-hydroxylation sites is 1. The Morgan fingerprint density at radius 3 is 2.60 bits per heavy atom. The fourth-order valence-electron chi connectivity index (χ4n) is 1.67. The minimum atomic E-state index is -0.340. The van der Waals surface area contributed by atoms with Crippen LogP contribution in [0.2, 0.25) is 0 Å². The summed E-state index contributed by atoms with van der Waals surface area (Å²) < 4.78 is 18.3. The van der Waals surface area contributed by atoms with Crippen LogP contribution in [0.25, 0.3) is 0 Å². The van der Waals surface area contributed by atoms with Crippen LogP contribution in [0.1, 0.15) is 37.8 Å². The van der Waals surface area contributed by atoms with Crippen molar-refractivity contribution in [3.63, 3.8) is 0 Å². The summed E-state index contributed by atoms with van der Waals surface area (Å²) in [5.74, 6) is 0.797. The molecule has 0 aliphatic heterocycles. The summed E-state index contributed by atoms with van der Waals surface area (Å²) in [4.78, 5) is 0. The summed E-state index contributed by atoms with van der Waals surface area (Å²) in [6.45, 7) is 6.21. The topological polar surface area (TPSA) is 9.23 Å². The van der Waals surface area contributed by atoms with E-state index in [-0.39, 0.29) is 12.6 Å². The zero-order valence-corrected chi connectivity index (χ0v) is 9.72. The Balaban J connectivity index is 3.12. The van der Waals surface area contributed by atoms with E-state index in [0.717, 1.165) is 23.3 Å². The number of benzene rings is 1. The lowest BCUT2D eigenvalue weighted by molar-refractivity contribution is 0.327. The molecule has 0 aromatic heterocycles. The van der Waals surface area contributed by atoms with Crippen molar-refractivity contribution in [3.8, 4) is 5.75 Å². The number of ether oxygens (including phenoxy) is 1. The molecule has 0 aliphatic rings. The third-order valence-corrected chi connectivity index (χ3v) is 2.56. The molecule has 84 valence electrons. The number of halogens is 1. The molecule has 0 heterocycles. The van der Waals surface area contributed by atoms with Gasteiger partial charge in [-0.2, -0.15) is 0 Å². The Morgan fingerprint density at radius 2 is 2.07 bits per heavy atom. The summed E-state index contributed by atoms with van der Waals surface area (Å²) >= 11 is 0. The number of hydrogen-bond donors (Lipinski definition) is 0. The van der Waals surface area contributed by atoms with Crippen LogP contribution in [-0.2, 0) is 6.42 Å². The standard InChI is InChI=1S/C13H19FO/c1-4-11-7-6-8-12(10(3)9-14)13(11)15-5-2/h6-8,10H,4-5,9H2,1-3H3. The second kappa shape index (κ2) is 5.74. The largest absolute Gasteiger partial charge is 0.493 e. The maximum Gasteiger partial charge on any atom is 0.126 e. The summed E-state index contributed by atoms with van der Waals surface area (Å²) in [6.07, 6.45) is 0.919. The van der Waals surface area contributed by atoms with Crippen molar-refractivity contribution in [3.05, 3.63) is 29.3 Å². The highest BCUT2D eigenvalue weighted by molar-refractivity contribution is 5.43. The Labute approximate surface area is 91.3 Å². The number of hydrogen-bond acceptors (Lipinski definition) is 1. The number of aryl methyl sites for hydroxylation is 1. The summed E-state index contributed by atoms with van der Waals surface area (Å²) in [5, 5.41) is 0. The van der Waals surface area contributed by atoms with E-state index in [9.17, 15) is 4.39 Å². The van der Waals surface area contributed by atoms with Gasteiger partial charge in [0.25, 0.3) is 0 Å². The molecule has 2 heteroatoms. The van der Waals surface area contributed by atoms with E-state index >= 15 is 0 Å². The highest BCUT2D eigenvalue weighted by Gasteiger charge is 2.13. The van der Waals surface area contributed by atoms with Crippen LogP contribution >= 0.6 is 0 Å². The van der Waals surface area contributed by atoms with E-state index < -0.39 is 0 Å². The van der Waals surface area contributed by atoms with Crippen LogP contribution in [0.4, 0.5) is 4.39 Å². The van der Waals surface area contributed by atoms with E-state index in [0.29, 0.717) is 6.61 Å². The molecule has 1 atom stereocenters. The Hall–Kier alpha value is -1.05. The zero-order valence-electron chi connectivity index (χ0n) is 9.72. The second-order valence-corrected chi connectivity index (χ2v) is 3.68. The molecule has 0 saturated carbocycles. The molecule has 0 N–H and O–H groups in total. The highest BCUT2D eigenvalue weighted by atomic mass is 19.1. The highest BCUT2D eigenvalue weighted by Crippen LogP contribution is 2.31. The molecule has 0 amide bonds. The molecule has 1 aromatic carbocycles. The molecule has 1 rings (SSSR count). The van der Waals surface area contributed by atoms with Crippen LogP contribution in [0.5, 0.6) is 5.75 Å².